The number of carboxylic acids is 2. The first-order chi connectivity index (χ1) is 7.81. The van der Waals surface area contributed by atoms with Crippen LogP contribution in [-0.2, 0) is 14.4 Å². The molecule has 0 saturated carbocycles. The lowest BCUT2D eigenvalue weighted by Crippen LogP contribution is -2.47. The summed E-state index contributed by atoms with van der Waals surface area (Å²) in [7, 11) is 0. The normalized spacial score (nSPS) is 13.8. The van der Waals surface area contributed by atoms with Crippen LogP contribution < -0.4 is 0 Å². The maximum absolute atomic E-state index is 11.4. The van der Waals surface area contributed by atoms with Crippen LogP contribution in [0.5, 0.6) is 0 Å². The van der Waals surface area contributed by atoms with Gasteiger partial charge in [-0.1, -0.05) is 20.3 Å². The highest BCUT2D eigenvalue weighted by Gasteiger charge is 2.29. The molecule has 0 aromatic rings. The smallest absolute Gasteiger partial charge is 0.326 e. The number of carboxylic acid groups (broad SMARTS) is 2. The fourth-order valence-electron chi connectivity index (χ4n) is 1.53. The lowest BCUT2D eigenvalue weighted by molar-refractivity contribution is -0.152. The zero-order valence-electron chi connectivity index (χ0n) is 10.3. The average molecular weight is 245 g/mol. The molecule has 2 unspecified atom stereocenters. The van der Waals surface area contributed by atoms with E-state index in [2.05, 4.69) is 0 Å². The third kappa shape index (κ3) is 4.84. The van der Waals surface area contributed by atoms with Gasteiger partial charge in [-0.2, -0.15) is 0 Å². The van der Waals surface area contributed by atoms with Gasteiger partial charge in [-0.25, -0.2) is 4.79 Å². The number of carbonyl (C=O) groups excluding carboxylic acids is 1. The molecule has 2 atom stereocenters. The third-order valence-electron chi connectivity index (χ3n) is 2.52. The van der Waals surface area contributed by atoms with Crippen LogP contribution in [0.25, 0.3) is 0 Å². The molecule has 0 bridgehead atoms. The summed E-state index contributed by atoms with van der Waals surface area (Å²) in [5.74, 6) is -3.34. The zero-order chi connectivity index (χ0) is 13.6. The fourth-order valence-corrected chi connectivity index (χ4v) is 1.53. The van der Waals surface area contributed by atoms with E-state index in [4.69, 9.17) is 10.2 Å². The van der Waals surface area contributed by atoms with Crippen molar-refractivity contribution in [3.8, 4) is 0 Å². The van der Waals surface area contributed by atoms with Gasteiger partial charge < -0.3 is 15.1 Å². The van der Waals surface area contributed by atoms with Crippen molar-refractivity contribution in [2.24, 2.45) is 5.92 Å². The standard InChI is InChI=1S/C11H19NO5/c1-4-5-9(11(16)17)12(8(3)13)6-7(2)10(14)15/h7,9H,4-6H2,1-3H3,(H,14,15)(H,16,17). The van der Waals surface area contributed by atoms with Gasteiger partial charge in [0.15, 0.2) is 0 Å². The van der Waals surface area contributed by atoms with Gasteiger partial charge in [-0.3, -0.25) is 9.59 Å². The maximum Gasteiger partial charge on any atom is 0.326 e. The first kappa shape index (κ1) is 15.4. The molecule has 17 heavy (non-hydrogen) atoms. The summed E-state index contributed by atoms with van der Waals surface area (Å²) in [5, 5.41) is 17.8. The highest BCUT2D eigenvalue weighted by atomic mass is 16.4. The Morgan fingerprint density at radius 1 is 1.18 bits per heavy atom. The molecule has 98 valence electrons. The van der Waals surface area contributed by atoms with E-state index in [0.717, 1.165) is 4.90 Å². The highest BCUT2D eigenvalue weighted by molar-refractivity contribution is 5.82. The molecular formula is C11H19NO5. The largest absolute Gasteiger partial charge is 0.481 e. The van der Waals surface area contributed by atoms with Crippen LogP contribution in [0.15, 0.2) is 0 Å². The molecule has 1 amide bonds. The minimum absolute atomic E-state index is 0.0817. The zero-order valence-corrected chi connectivity index (χ0v) is 10.3. The second-order valence-electron chi connectivity index (χ2n) is 4.05. The van der Waals surface area contributed by atoms with E-state index < -0.39 is 29.8 Å². The molecule has 0 aliphatic heterocycles. The number of hydrogen-bond acceptors (Lipinski definition) is 3. The van der Waals surface area contributed by atoms with E-state index in [1.165, 1.54) is 13.8 Å². The number of hydrogen-bond donors (Lipinski definition) is 2. The second kappa shape index (κ2) is 6.88. The molecule has 6 heteroatoms. The van der Waals surface area contributed by atoms with Gasteiger partial charge in [0.05, 0.1) is 5.92 Å². The van der Waals surface area contributed by atoms with E-state index in [1.54, 1.807) is 0 Å². The third-order valence-corrected chi connectivity index (χ3v) is 2.52. The summed E-state index contributed by atoms with van der Waals surface area (Å²) in [5.41, 5.74) is 0. The van der Waals surface area contributed by atoms with Crippen molar-refractivity contribution in [1.29, 1.82) is 0 Å². The molecule has 0 heterocycles. The van der Waals surface area contributed by atoms with Crippen LogP contribution in [0.4, 0.5) is 0 Å². The SMILES string of the molecule is CCCC(C(=O)O)N(CC(C)C(=O)O)C(C)=O. The predicted molar refractivity (Wildman–Crippen MR) is 60.5 cm³/mol. The van der Waals surface area contributed by atoms with E-state index >= 15 is 0 Å². The summed E-state index contributed by atoms with van der Waals surface area (Å²) in [6, 6.07) is -0.945. The quantitative estimate of drug-likeness (QED) is 0.692. The van der Waals surface area contributed by atoms with Gasteiger partial charge in [0.25, 0.3) is 0 Å². The molecule has 0 radical (unpaired) electrons. The Morgan fingerprint density at radius 3 is 2.00 bits per heavy atom. The molecule has 0 spiro atoms. The van der Waals surface area contributed by atoms with Crippen LogP contribution in [0.1, 0.15) is 33.6 Å². The van der Waals surface area contributed by atoms with Crippen molar-refractivity contribution in [2.75, 3.05) is 6.54 Å². The molecule has 0 saturated heterocycles. The Morgan fingerprint density at radius 2 is 1.71 bits per heavy atom. The number of carbonyl (C=O) groups is 3. The van der Waals surface area contributed by atoms with Gasteiger partial charge in [0.2, 0.25) is 5.91 Å². The van der Waals surface area contributed by atoms with Crippen LogP contribution in [-0.4, -0.2) is 45.5 Å². The minimum atomic E-state index is -1.10. The minimum Gasteiger partial charge on any atom is -0.481 e. The van der Waals surface area contributed by atoms with Crippen molar-refractivity contribution in [1.82, 2.24) is 4.90 Å². The van der Waals surface area contributed by atoms with E-state index in [1.807, 2.05) is 6.92 Å². The molecule has 0 aliphatic rings. The van der Waals surface area contributed by atoms with Crippen molar-refractivity contribution in [3.05, 3.63) is 0 Å². The lowest BCUT2D eigenvalue weighted by atomic mass is 10.1. The Hall–Kier alpha value is -1.59. The second-order valence-corrected chi connectivity index (χ2v) is 4.05. The van der Waals surface area contributed by atoms with Crippen LogP contribution in [0.3, 0.4) is 0 Å². The molecular weight excluding hydrogens is 226 g/mol. The van der Waals surface area contributed by atoms with Crippen LogP contribution in [0.2, 0.25) is 0 Å². The summed E-state index contributed by atoms with van der Waals surface area (Å²) < 4.78 is 0. The molecule has 6 nitrogen and oxygen atoms in total. The van der Waals surface area contributed by atoms with E-state index in [9.17, 15) is 14.4 Å². The van der Waals surface area contributed by atoms with Crippen molar-refractivity contribution >= 4 is 17.8 Å². The van der Waals surface area contributed by atoms with Crippen LogP contribution >= 0.6 is 0 Å². The molecule has 0 aliphatic carbocycles. The van der Waals surface area contributed by atoms with Gasteiger partial charge in [0.1, 0.15) is 6.04 Å². The fraction of sp³-hybridized carbons (Fsp3) is 0.727. The van der Waals surface area contributed by atoms with Crippen molar-refractivity contribution in [2.45, 2.75) is 39.7 Å². The number of aliphatic carboxylic acids is 2. The summed E-state index contributed by atoms with van der Waals surface area (Å²) >= 11 is 0. The summed E-state index contributed by atoms with van der Waals surface area (Å²) in [6.07, 6.45) is 0.934. The van der Waals surface area contributed by atoms with Crippen molar-refractivity contribution < 1.29 is 24.6 Å². The maximum atomic E-state index is 11.4. The number of rotatable bonds is 7. The van der Waals surface area contributed by atoms with E-state index in [-0.39, 0.29) is 6.54 Å². The number of amides is 1. The summed E-state index contributed by atoms with van der Waals surface area (Å²) in [6.45, 7) is 4.43. The Balaban J connectivity index is 4.86. The lowest BCUT2D eigenvalue weighted by Gasteiger charge is -2.29. The average Bonchev–Trinajstić information content (AvgIpc) is 2.21. The van der Waals surface area contributed by atoms with Gasteiger partial charge >= 0.3 is 11.9 Å². The topological polar surface area (TPSA) is 94.9 Å². The monoisotopic (exact) mass is 245 g/mol. The first-order valence-corrected chi connectivity index (χ1v) is 5.54. The molecule has 0 rings (SSSR count). The molecule has 0 fully saturated rings. The van der Waals surface area contributed by atoms with Gasteiger partial charge in [-0.05, 0) is 6.42 Å². The molecule has 2 N–H and O–H groups in total. The Kier molecular flexibility index (Phi) is 6.23. The van der Waals surface area contributed by atoms with E-state index in [0.29, 0.717) is 12.8 Å². The predicted octanol–water partition coefficient (Wildman–Crippen LogP) is 0.809. The Bertz CT molecular complexity index is 302. The highest BCUT2D eigenvalue weighted by Crippen LogP contribution is 2.11. The molecule has 0 aromatic carbocycles. The van der Waals surface area contributed by atoms with Crippen LogP contribution in [0, 0.1) is 5.92 Å². The summed E-state index contributed by atoms with van der Waals surface area (Å²) in [4.78, 5) is 34.3. The Labute approximate surface area is 100 Å². The molecule has 0 aromatic heterocycles. The number of nitrogens with zero attached hydrogens (tertiary/aromatic N) is 1. The van der Waals surface area contributed by atoms with Gasteiger partial charge in [-0.15, -0.1) is 0 Å². The first-order valence-electron chi connectivity index (χ1n) is 5.54. The van der Waals surface area contributed by atoms with Crippen molar-refractivity contribution in [3.63, 3.8) is 0 Å². The van der Waals surface area contributed by atoms with Gasteiger partial charge in [0, 0.05) is 13.5 Å².